The van der Waals surface area contributed by atoms with E-state index < -0.39 is 0 Å². The number of pyridine rings is 1. The number of likely N-dealkylation sites (tertiary alicyclic amines) is 1. The fraction of sp³-hybridized carbons (Fsp3) is 0.632. The van der Waals surface area contributed by atoms with Gasteiger partial charge in [0.1, 0.15) is 24.0 Å². The Morgan fingerprint density at radius 3 is 2.85 bits per heavy atom. The summed E-state index contributed by atoms with van der Waals surface area (Å²) in [6, 6.07) is 4.12. The minimum Gasteiger partial charge on any atom is -0.490 e. The second kappa shape index (κ2) is 7.72. The molecule has 140 valence electrons. The zero-order chi connectivity index (χ0) is 17.9. The summed E-state index contributed by atoms with van der Waals surface area (Å²) in [5, 5.41) is 8.92. The molecule has 2 aromatic heterocycles. The zero-order valence-corrected chi connectivity index (χ0v) is 15.5. The van der Waals surface area contributed by atoms with Crippen molar-refractivity contribution in [3.63, 3.8) is 0 Å². The maximum absolute atomic E-state index is 5.95. The molecule has 0 amide bonds. The van der Waals surface area contributed by atoms with Gasteiger partial charge >= 0.3 is 0 Å². The minimum absolute atomic E-state index is 0.233. The van der Waals surface area contributed by atoms with Crippen LogP contribution in [-0.4, -0.2) is 57.1 Å². The Hall–Kier alpha value is -1.99. The SMILES string of the molecule is CO[C@@H]1C[C@@H](COc2cccnc2)N(Cc2nnc(C3CCC3)n2C)C1. The lowest BCUT2D eigenvalue weighted by atomic mass is 9.85. The maximum Gasteiger partial charge on any atom is 0.146 e. The van der Waals surface area contributed by atoms with Crippen LogP contribution in [0.2, 0.25) is 0 Å². The third kappa shape index (κ3) is 3.59. The molecular weight excluding hydrogens is 330 g/mol. The quantitative estimate of drug-likeness (QED) is 0.756. The maximum atomic E-state index is 5.95. The van der Waals surface area contributed by atoms with E-state index in [0.29, 0.717) is 18.6 Å². The van der Waals surface area contributed by atoms with E-state index in [-0.39, 0.29) is 6.10 Å². The van der Waals surface area contributed by atoms with E-state index in [9.17, 15) is 0 Å². The summed E-state index contributed by atoms with van der Waals surface area (Å²) >= 11 is 0. The minimum atomic E-state index is 0.233. The van der Waals surface area contributed by atoms with Gasteiger partial charge in [-0.3, -0.25) is 9.88 Å². The van der Waals surface area contributed by atoms with Crippen molar-refractivity contribution in [2.45, 2.75) is 50.3 Å². The highest BCUT2D eigenvalue weighted by molar-refractivity contribution is 5.15. The molecule has 4 rings (SSSR count). The van der Waals surface area contributed by atoms with Crippen LogP contribution in [0, 0.1) is 0 Å². The molecule has 2 aliphatic rings. The molecule has 0 N–H and O–H groups in total. The predicted octanol–water partition coefficient (Wildman–Crippen LogP) is 2.15. The largest absolute Gasteiger partial charge is 0.490 e. The van der Waals surface area contributed by atoms with Crippen molar-refractivity contribution in [1.82, 2.24) is 24.6 Å². The van der Waals surface area contributed by atoms with Crippen molar-refractivity contribution in [1.29, 1.82) is 0 Å². The lowest BCUT2D eigenvalue weighted by Gasteiger charge is -2.25. The zero-order valence-electron chi connectivity index (χ0n) is 15.5. The van der Waals surface area contributed by atoms with Crippen molar-refractivity contribution >= 4 is 0 Å². The van der Waals surface area contributed by atoms with Crippen molar-refractivity contribution < 1.29 is 9.47 Å². The first-order valence-corrected chi connectivity index (χ1v) is 9.42. The summed E-state index contributed by atoms with van der Waals surface area (Å²) in [6.45, 7) is 2.29. The Balaban J connectivity index is 1.42. The highest BCUT2D eigenvalue weighted by Gasteiger charge is 2.34. The average molecular weight is 357 g/mol. The van der Waals surface area contributed by atoms with Crippen LogP contribution in [0.3, 0.4) is 0 Å². The standard InChI is InChI=1S/C19H27N5O2/c1-23-18(21-22-19(23)14-5-3-6-14)12-24-11-17(25-2)9-15(24)13-26-16-7-4-8-20-10-16/h4,7-8,10,14-15,17H,3,5-6,9,11-13H2,1-2H3/t15-,17+/m0/s1. The number of nitrogens with zero attached hydrogens (tertiary/aromatic N) is 5. The number of ether oxygens (including phenoxy) is 2. The molecule has 2 atom stereocenters. The van der Waals surface area contributed by atoms with Gasteiger partial charge in [0.2, 0.25) is 0 Å². The lowest BCUT2D eigenvalue weighted by molar-refractivity contribution is 0.106. The Labute approximate surface area is 154 Å². The van der Waals surface area contributed by atoms with E-state index in [1.807, 2.05) is 12.1 Å². The van der Waals surface area contributed by atoms with Crippen molar-refractivity contribution in [3.8, 4) is 5.75 Å². The average Bonchev–Trinajstić information content (AvgIpc) is 3.18. The van der Waals surface area contributed by atoms with Crippen molar-refractivity contribution in [2.75, 3.05) is 20.3 Å². The highest BCUT2D eigenvalue weighted by atomic mass is 16.5. The monoisotopic (exact) mass is 357 g/mol. The Morgan fingerprint density at radius 2 is 2.15 bits per heavy atom. The number of aromatic nitrogens is 4. The van der Waals surface area contributed by atoms with Gasteiger partial charge in [0.05, 0.1) is 18.8 Å². The van der Waals surface area contributed by atoms with E-state index in [1.54, 1.807) is 19.5 Å². The molecule has 7 heteroatoms. The first-order chi connectivity index (χ1) is 12.7. The molecule has 0 bridgehead atoms. The number of hydrogen-bond acceptors (Lipinski definition) is 6. The van der Waals surface area contributed by atoms with Gasteiger partial charge in [0, 0.05) is 38.9 Å². The molecule has 0 aromatic carbocycles. The van der Waals surface area contributed by atoms with Crippen LogP contribution in [-0.2, 0) is 18.3 Å². The topological polar surface area (TPSA) is 65.3 Å². The van der Waals surface area contributed by atoms with Gasteiger partial charge in [-0.25, -0.2) is 0 Å². The Bertz CT molecular complexity index is 716. The molecule has 0 radical (unpaired) electrons. The molecule has 1 saturated carbocycles. The molecular formula is C19H27N5O2. The summed E-state index contributed by atoms with van der Waals surface area (Å²) in [5.41, 5.74) is 0. The van der Waals surface area contributed by atoms with E-state index >= 15 is 0 Å². The Kier molecular flexibility index (Phi) is 5.17. The van der Waals surface area contributed by atoms with E-state index in [1.165, 1.54) is 19.3 Å². The van der Waals surface area contributed by atoms with Crippen LogP contribution in [0.5, 0.6) is 5.75 Å². The van der Waals surface area contributed by atoms with Crippen LogP contribution >= 0.6 is 0 Å². The second-order valence-electron chi connectivity index (χ2n) is 7.34. The smallest absolute Gasteiger partial charge is 0.146 e. The fourth-order valence-corrected chi connectivity index (χ4v) is 3.82. The Morgan fingerprint density at radius 1 is 1.27 bits per heavy atom. The molecule has 1 saturated heterocycles. The van der Waals surface area contributed by atoms with Gasteiger partial charge in [-0.05, 0) is 31.4 Å². The molecule has 2 fully saturated rings. The van der Waals surface area contributed by atoms with Gasteiger partial charge in [-0.1, -0.05) is 6.42 Å². The van der Waals surface area contributed by atoms with E-state index in [2.05, 4.69) is 31.7 Å². The van der Waals surface area contributed by atoms with Gasteiger partial charge in [0.25, 0.3) is 0 Å². The second-order valence-corrected chi connectivity index (χ2v) is 7.34. The lowest BCUT2D eigenvalue weighted by Crippen LogP contribution is -2.34. The normalized spacial score (nSPS) is 23.9. The summed E-state index contributed by atoms with van der Waals surface area (Å²) in [7, 11) is 3.87. The van der Waals surface area contributed by atoms with Crippen LogP contribution in [0.25, 0.3) is 0 Å². The fourth-order valence-electron chi connectivity index (χ4n) is 3.82. The summed E-state index contributed by atoms with van der Waals surface area (Å²) in [5.74, 6) is 3.56. The molecule has 26 heavy (non-hydrogen) atoms. The first-order valence-electron chi connectivity index (χ1n) is 9.42. The van der Waals surface area contributed by atoms with Crippen molar-refractivity contribution in [2.24, 2.45) is 7.05 Å². The molecule has 0 spiro atoms. The molecule has 0 unspecified atom stereocenters. The van der Waals surface area contributed by atoms with Crippen LogP contribution in [0.15, 0.2) is 24.5 Å². The number of hydrogen-bond donors (Lipinski definition) is 0. The van der Waals surface area contributed by atoms with Gasteiger partial charge in [0.15, 0.2) is 0 Å². The highest BCUT2D eigenvalue weighted by Crippen LogP contribution is 2.35. The molecule has 1 aliphatic carbocycles. The molecule has 7 nitrogen and oxygen atoms in total. The number of rotatable bonds is 7. The van der Waals surface area contributed by atoms with Crippen LogP contribution in [0.1, 0.15) is 43.3 Å². The summed E-state index contributed by atoms with van der Waals surface area (Å²) in [6.07, 6.45) is 8.49. The summed E-state index contributed by atoms with van der Waals surface area (Å²) in [4.78, 5) is 6.51. The molecule has 1 aliphatic heterocycles. The first kappa shape index (κ1) is 17.4. The molecule has 2 aromatic rings. The van der Waals surface area contributed by atoms with E-state index in [4.69, 9.17) is 9.47 Å². The predicted molar refractivity (Wildman–Crippen MR) is 96.9 cm³/mol. The van der Waals surface area contributed by atoms with Gasteiger partial charge < -0.3 is 14.0 Å². The third-order valence-electron chi connectivity index (χ3n) is 5.71. The van der Waals surface area contributed by atoms with Gasteiger partial charge in [-0.15, -0.1) is 10.2 Å². The van der Waals surface area contributed by atoms with E-state index in [0.717, 1.165) is 36.9 Å². The third-order valence-corrected chi connectivity index (χ3v) is 5.71. The van der Waals surface area contributed by atoms with Crippen molar-refractivity contribution in [3.05, 3.63) is 36.2 Å². The number of methoxy groups -OCH3 is 1. The van der Waals surface area contributed by atoms with Crippen LogP contribution < -0.4 is 4.74 Å². The molecule has 3 heterocycles. The summed E-state index contributed by atoms with van der Waals surface area (Å²) < 4.78 is 13.7. The van der Waals surface area contributed by atoms with Gasteiger partial charge in [-0.2, -0.15) is 0 Å². The van der Waals surface area contributed by atoms with Crippen LogP contribution in [0.4, 0.5) is 0 Å².